The first-order valence-electron chi connectivity index (χ1n) is 4.59. The highest BCUT2D eigenvalue weighted by Crippen LogP contribution is 2.25. The molecule has 0 amide bonds. The second kappa shape index (κ2) is 5.47. The second-order valence-corrected chi connectivity index (χ2v) is 5.02. The second-order valence-electron chi connectivity index (χ2n) is 3.52. The molecule has 1 aromatic rings. The smallest absolute Gasteiger partial charge is 0.316 e. The molecule has 0 saturated carbocycles. The first-order chi connectivity index (χ1) is 7.00. The Morgan fingerprint density at radius 1 is 1.60 bits per heavy atom. The van der Waals surface area contributed by atoms with E-state index in [2.05, 4.69) is 0 Å². The molecule has 0 radical (unpaired) electrons. The van der Waals surface area contributed by atoms with Gasteiger partial charge in [0.15, 0.2) is 5.22 Å². The molecule has 0 aliphatic carbocycles. The molecule has 0 spiro atoms. The number of rotatable bonds is 5. The Labute approximate surface area is 97.8 Å². The highest BCUT2D eigenvalue weighted by atomic mass is 35.5. The Bertz CT molecular complexity index is 335. The molecule has 1 rings (SSSR count). The lowest BCUT2D eigenvalue weighted by Gasteiger charge is -2.14. The summed E-state index contributed by atoms with van der Waals surface area (Å²) in [7, 11) is 0. The molecule has 1 heterocycles. The van der Waals surface area contributed by atoms with Gasteiger partial charge in [-0.25, -0.2) is 0 Å². The first kappa shape index (κ1) is 12.5. The van der Waals surface area contributed by atoms with E-state index in [-0.39, 0.29) is 5.92 Å². The van der Waals surface area contributed by atoms with Crippen molar-refractivity contribution < 1.29 is 14.3 Å². The lowest BCUT2D eigenvalue weighted by atomic mass is 10.1. The maximum absolute atomic E-state index is 10.9. The molecule has 84 valence electrons. The zero-order chi connectivity index (χ0) is 11.4. The van der Waals surface area contributed by atoms with Gasteiger partial charge < -0.3 is 9.52 Å². The van der Waals surface area contributed by atoms with Crippen LogP contribution in [0.5, 0.6) is 0 Å². The summed E-state index contributed by atoms with van der Waals surface area (Å²) in [6.07, 6.45) is 0. The number of hydrogen-bond donors (Lipinski definition) is 1. The Morgan fingerprint density at radius 2 is 2.27 bits per heavy atom. The fraction of sp³-hybridized carbons (Fsp3) is 0.500. The highest BCUT2D eigenvalue weighted by molar-refractivity contribution is 7.99. The van der Waals surface area contributed by atoms with Crippen LogP contribution in [0.2, 0.25) is 5.22 Å². The predicted octanol–water partition coefficient (Wildman–Crippen LogP) is 3.28. The summed E-state index contributed by atoms with van der Waals surface area (Å²) in [5, 5.41) is 8.88. The maximum Gasteiger partial charge on any atom is 0.316 e. The van der Waals surface area contributed by atoms with Crippen LogP contribution in [0, 0.1) is 5.92 Å². The molecular formula is C10H13ClO3S. The lowest BCUT2D eigenvalue weighted by molar-refractivity contribution is -0.137. The van der Waals surface area contributed by atoms with Gasteiger partial charge in [0.1, 0.15) is 11.0 Å². The number of aliphatic carboxylic acids is 1. The van der Waals surface area contributed by atoms with Crippen molar-refractivity contribution in [2.45, 2.75) is 24.9 Å². The van der Waals surface area contributed by atoms with Crippen LogP contribution in [0.25, 0.3) is 0 Å². The van der Waals surface area contributed by atoms with Gasteiger partial charge in [-0.2, -0.15) is 0 Å². The molecule has 5 heteroatoms. The normalized spacial score (nSPS) is 13.1. The summed E-state index contributed by atoms with van der Waals surface area (Å²) in [6, 6.07) is 3.41. The number of carbonyl (C=O) groups is 1. The van der Waals surface area contributed by atoms with E-state index >= 15 is 0 Å². The van der Waals surface area contributed by atoms with Crippen molar-refractivity contribution in [1.29, 1.82) is 0 Å². The van der Waals surface area contributed by atoms with E-state index in [0.29, 0.717) is 16.7 Å². The van der Waals surface area contributed by atoms with E-state index in [0.717, 1.165) is 0 Å². The fourth-order valence-electron chi connectivity index (χ4n) is 1.15. The van der Waals surface area contributed by atoms with Gasteiger partial charge in [-0.1, -0.05) is 13.8 Å². The van der Waals surface area contributed by atoms with Crippen molar-refractivity contribution >= 4 is 29.3 Å². The number of carboxylic acids is 1. The largest absolute Gasteiger partial charge is 0.480 e. The average Bonchev–Trinajstić information content (AvgIpc) is 2.50. The van der Waals surface area contributed by atoms with Crippen molar-refractivity contribution in [3.63, 3.8) is 0 Å². The third-order valence-electron chi connectivity index (χ3n) is 1.88. The van der Waals surface area contributed by atoms with E-state index in [1.165, 1.54) is 11.8 Å². The molecule has 0 aliphatic rings. The Balaban J connectivity index is 2.50. The minimum atomic E-state index is -0.785. The van der Waals surface area contributed by atoms with Gasteiger partial charge in [0.25, 0.3) is 0 Å². The van der Waals surface area contributed by atoms with Gasteiger partial charge in [-0.15, -0.1) is 11.8 Å². The monoisotopic (exact) mass is 248 g/mol. The van der Waals surface area contributed by atoms with Crippen LogP contribution in [-0.2, 0) is 10.5 Å². The third-order valence-corrected chi connectivity index (χ3v) is 3.64. The zero-order valence-corrected chi connectivity index (χ0v) is 10.1. The molecule has 1 unspecified atom stereocenters. The van der Waals surface area contributed by atoms with Gasteiger partial charge >= 0.3 is 5.97 Å². The molecule has 0 saturated heterocycles. The van der Waals surface area contributed by atoms with Crippen molar-refractivity contribution in [1.82, 2.24) is 0 Å². The van der Waals surface area contributed by atoms with Crippen LogP contribution in [0.15, 0.2) is 16.5 Å². The molecule has 3 nitrogen and oxygen atoms in total. The molecule has 1 atom stereocenters. The average molecular weight is 249 g/mol. The number of halogens is 1. The van der Waals surface area contributed by atoms with Gasteiger partial charge in [0, 0.05) is 0 Å². The van der Waals surface area contributed by atoms with Crippen molar-refractivity contribution in [2.24, 2.45) is 5.92 Å². The molecule has 0 aliphatic heterocycles. The number of carboxylic acid groups (broad SMARTS) is 1. The van der Waals surface area contributed by atoms with Crippen molar-refractivity contribution in [3.05, 3.63) is 23.1 Å². The first-order valence-corrected chi connectivity index (χ1v) is 6.02. The van der Waals surface area contributed by atoms with Crippen LogP contribution >= 0.6 is 23.4 Å². The van der Waals surface area contributed by atoms with Gasteiger partial charge in [0.2, 0.25) is 0 Å². The zero-order valence-electron chi connectivity index (χ0n) is 8.57. The summed E-state index contributed by atoms with van der Waals surface area (Å²) < 4.78 is 5.15. The quantitative estimate of drug-likeness (QED) is 0.869. The maximum atomic E-state index is 10.9. The van der Waals surface area contributed by atoms with E-state index in [1.807, 2.05) is 13.8 Å². The van der Waals surface area contributed by atoms with E-state index < -0.39 is 11.2 Å². The van der Waals surface area contributed by atoms with Crippen LogP contribution in [0.4, 0.5) is 0 Å². The highest BCUT2D eigenvalue weighted by Gasteiger charge is 2.22. The van der Waals surface area contributed by atoms with Crippen molar-refractivity contribution in [2.75, 3.05) is 0 Å². The van der Waals surface area contributed by atoms with Gasteiger partial charge in [-0.3, -0.25) is 4.79 Å². The number of thioether (sulfide) groups is 1. The number of hydrogen-bond acceptors (Lipinski definition) is 3. The third kappa shape index (κ3) is 3.80. The van der Waals surface area contributed by atoms with Crippen LogP contribution in [0.3, 0.4) is 0 Å². The lowest BCUT2D eigenvalue weighted by Crippen LogP contribution is -2.22. The molecule has 0 aromatic carbocycles. The fourth-order valence-corrected chi connectivity index (χ4v) is 2.34. The molecule has 0 fully saturated rings. The van der Waals surface area contributed by atoms with Gasteiger partial charge in [0.05, 0.1) is 5.75 Å². The summed E-state index contributed by atoms with van der Waals surface area (Å²) in [4.78, 5) is 10.9. The van der Waals surface area contributed by atoms with Crippen LogP contribution in [0.1, 0.15) is 19.6 Å². The summed E-state index contributed by atoms with van der Waals surface area (Å²) in [5.41, 5.74) is 0. The molecule has 15 heavy (non-hydrogen) atoms. The summed E-state index contributed by atoms with van der Waals surface area (Å²) in [5.74, 6) is 0.546. The van der Waals surface area contributed by atoms with E-state index in [9.17, 15) is 4.79 Å². The molecule has 1 N–H and O–H groups in total. The molecular weight excluding hydrogens is 236 g/mol. The SMILES string of the molecule is CC(C)C(SCc1ccc(Cl)o1)C(=O)O. The molecule has 0 bridgehead atoms. The minimum Gasteiger partial charge on any atom is -0.480 e. The Hall–Kier alpha value is -0.610. The minimum absolute atomic E-state index is 0.0953. The Kier molecular flexibility index (Phi) is 4.54. The van der Waals surface area contributed by atoms with Crippen molar-refractivity contribution in [3.8, 4) is 0 Å². The van der Waals surface area contributed by atoms with E-state index in [1.54, 1.807) is 12.1 Å². The summed E-state index contributed by atoms with van der Waals surface area (Å²) in [6.45, 7) is 3.78. The number of furan rings is 1. The van der Waals surface area contributed by atoms with Crippen LogP contribution < -0.4 is 0 Å². The van der Waals surface area contributed by atoms with Gasteiger partial charge in [-0.05, 0) is 29.7 Å². The topological polar surface area (TPSA) is 50.4 Å². The summed E-state index contributed by atoms with van der Waals surface area (Å²) >= 11 is 6.96. The standard InChI is InChI=1S/C10H13ClO3S/c1-6(2)9(10(12)13)15-5-7-3-4-8(11)14-7/h3-4,6,9H,5H2,1-2H3,(H,12,13). The Morgan fingerprint density at radius 3 is 2.67 bits per heavy atom. The van der Waals surface area contributed by atoms with Crippen LogP contribution in [-0.4, -0.2) is 16.3 Å². The molecule has 1 aromatic heterocycles. The van der Waals surface area contributed by atoms with E-state index in [4.69, 9.17) is 21.1 Å². The predicted molar refractivity (Wildman–Crippen MR) is 61.3 cm³/mol.